The van der Waals surface area contributed by atoms with Crippen molar-refractivity contribution in [2.24, 2.45) is 50.2 Å². The van der Waals surface area contributed by atoms with Gasteiger partial charge in [0.2, 0.25) is 0 Å². The molecule has 0 aromatic rings. The van der Waals surface area contributed by atoms with Crippen LogP contribution in [0, 0.1) is 50.2 Å². The molecule has 0 spiro atoms. The molecule has 3 aliphatic rings. The van der Waals surface area contributed by atoms with Crippen LogP contribution in [-0.2, 0) is 28.8 Å². The summed E-state index contributed by atoms with van der Waals surface area (Å²) >= 11 is 0. The molecule has 0 bridgehead atoms. The molecule has 240 valence electrons. The smallest absolute Gasteiger partial charge is 0.309 e. The highest BCUT2D eigenvalue weighted by Gasteiger charge is 2.59. The minimum Gasteiger partial charge on any atom is -0.481 e. The monoisotopic (exact) mass is 594 g/mol. The number of carbonyl (C=O) groups excluding carboxylic acids is 3. The van der Waals surface area contributed by atoms with Gasteiger partial charge in [-0.25, -0.2) is 0 Å². The molecule has 0 aliphatic heterocycles. The van der Waals surface area contributed by atoms with Gasteiger partial charge in [-0.3, -0.25) is 28.8 Å². The third-order valence-electron chi connectivity index (χ3n) is 12.6. The Morgan fingerprint density at radius 2 is 0.595 bits per heavy atom. The van der Waals surface area contributed by atoms with Crippen molar-refractivity contribution < 1.29 is 44.1 Å². The van der Waals surface area contributed by atoms with Gasteiger partial charge < -0.3 is 15.3 Å². The number of Topliss-reactive ketones (excluding diaryl/α,β-unsaturated/α-hetero) is 3. The fourth-order valence-electron chi connectivity index (χ4n) is 7.78. The molecule has 3 saturated carbocycles. The van der Waals surface area contributed by atoms with E-state index < -0.39 is 50.4 Å². The van der Waals surface area contributed by atoms with E-state index >= 15 is 0 Å². The van der Waals surface area contributed by atoms with Gasteiger partial charge >= 0.3 is 17.9 Å². The third-order valence-corrected chi connectivity index (χ3v) is 12.6. The summed E-state index contributed by atoms with van der Waals surface area (Å²) in [6.45, 7) is 21.2. The maximum Gasteiger partial charge on any atom is 0.309 e. The lowest BCUT2D eigenvalue weighted by atomic mass is 9.65. The Morgan fingerprint density at radius 3 is 0.667 bits per heavy atom. The van der Waals surface area contributed by atoms with E-state index in [9.17, 15) is 44.1 Å². The highest BCUT2D eigenvalue weighted by molar-refractivity contribution is 5.85. The summed E-state index contributed by atoms with van der Waals surface area (Å²) in [6, 6.07) is 0. The molecular weight excluding hydrogens is 540 g/mol. The zero-order valence-electron chi connectivity index (χ0n) is 27.8. The van der Waals surface area contributed by atoms with Gasteiger partial charge in [0.1, 0.15) is 17.3 Å². The highest BCUT2D eigenvalue weighted by Crippen LogP contribution is 2.58. The van der Waals surface area contributed by atoms with E-state index in [-0.39, 0.29) is 35.1 Å². The molecule has 2 unspecified atom stereocenters. The van der Waals surface area contributed by atoms with Crippen molar-refractivity contribution in [1.29, 1.82) is 0 Å². The van der Waals surface area contributed by atoms with Crippen molar-refractivity contribution in [1.82, 2.24) is 0 Å². The van der Waals surface area contributed by atoms with Gasteiger partial charge in [-0.1, -0.05) is 41.5 Å². The van der Waals surface area contributed by atoms with Crippen molar-refractivity contribution in [3.05, 3.63) is 0 Å². The van der Waals surface area contributed by atoms with E-state index in [1.54, 1.807) is 41.5 Å². The summed E-state index contributed by atoms with van der Waals surface area (Å²) in [5, 5.41) is 27.6. The molecule has 3 N–H and O–H groups in total. The number of carboxylic acid groups (broad SMARTS) is 3. The van der Waals surface area contributed by atoms with Crippen LogP contribution in [0.4, 0.5) is 0 Å². The summed E-state index contributed by atoms with van der Waals surface area (Å²) < 4.78 is 0. The largest absolute Gasteiger partial charge is 0.481 e. The van der Waals surface area contributed by atoms with Crippen LogP contribution in [0.5, 0.6) is 0 Å². The van der Waals surface area contributed by atoms with Gasteiger partial charge in [0.25, 0.3) is 0 Å². The molecule has 0 aromatic heterocycles. The van der Waals surface area contributed by atoms with Crippen molar-refractivity contribution in [3.63, 3.8) is 0 Å². The minimum atomic E-state index is -0.786. The Hall–Kier alpha value is -2.58. The Bertz CT molecular complexity index is 979. The van der Waals surface area contributed by atoms with Gasteiger partial charge in [0, 0.05) is 17.8 Å². The van der Waals surface area contributed by atoms with Crippen LogP contribution in [-0.4, -0.2) is 50.6 Å². The van der Waals surface area contributed by atoms with Gasteiger partial charge in [-0.2, -0.15) is 0 Å². The fourth-order valence-corrected chi connectivity index (χ4v) is 7.78. The zero-order chi connectivity index (χ0) is 33.4. The van der Waals surface area contributed by atoms with Crippen molar-refractivity contribution in [3.8, 4) is 0 Å². The van der Waals surface area contributed by atoms with Crippen molar-refractivity contribution in [2.75, 3.05) is 0 Å². The van der Waals surface area contributed by atoms with E-state index in [1.165, 1.54) is 0 Å². The zero-order valence-corrected chi connectivity index (χ0v) is 27.8. The predicted octanol–water partition coefficient (Wildman–Crippen LogP) is 6.31. The normalized spacial score (nSPS) is 35.6. The van der Waals surface area contributed by atoms with Crippen molar-refractivity contribution in [2.45, 2.75) is 122 Å². The van der Waals surface area contributed by atoms with Crippen LogP contribution in [0.3, 0.4) is 0 Å². The lowest BCUT2D eigenvalue weighted by molar-refractivity contribution is -0.156. The predicted molar refractivity (Wildman–Crippen MR) is 159 cm³/mol. The van der Waals surface area contributed by atoms with Crippen LogP contribution >= 0.6 is 0 Å². The molecule has 9 heteroatoms. The molecule has 3 fully saturated rings. The lowest BCUT2D eigenvalue weighted by Gasteiger charge is -2.37. The summed E-state index contributed by atoms with van der Waals surface area (Å²) in [7, 11) is 0. The maximum absolute atomic E-state index is 11.4. The summed E-state index contributed by atoms with van der Waals surface area (Å²) in [4.78, 5) is 67.7. The van der Waals surface area contributed by atoms with E-state index in [4.69, 9.17) is 0 Å². The average molecular weight is 595 g/mol. The van der Waals surface area contributed by atoms with Gasteiger partial charge in [0.05, 0.1) is 16.2 Å². The Morgan fingerprint density at radius 1 is 0.429 bits per heavy atom. The SMILES string of the molecule is CC(=O)C1CCC(C)(C(=O)O)C1(C)C.CC(=O)[C@@H]1CC[C@](C)(C(=O)O)C1(C)C.CC(=O)[C@H]1CC[C@@](C)(C(=O)O)C1(C)C. The van der Waals surface area contributed by atoms with Crippen LogP contribution in [0.25, 0.3) is 0 Å². The molecule has 0 radical (unpaired) electrons. The molecule has 0 amide bonds. The molecule has 0 heterocycles. The Kier molecular flexibility index (Phi) is 10.9. The molecule has 6 atom stereocenters. The maximum atomic E-state index is 11.4. The molecule has 42 heavy (non-hydrogen) atoms. The average Bonchev–Trinajstić information content (AvgIpc) is 3.33. The second-order valence-electron chi connectivity index (χ2n) is 15.2. The number of aliphatic carboxylic acids is 3. The number of rotatable bonds is 6. The third kappa shape index (κ3) is 6.07. The van der Waals surface area contributed by atoms with E-state index in [0.29, 0.717) is 38.5 Å². The number of ketones is 3. The molecule has 9 nitrogen and oxygen atoms in total. The topological polar surface area (TPSA) is 163 Å². The van der Waals surface area contributed by atoms with Gasteiger partial charge in [-0.15, -0.1) is 0 Å². The number of hydrogen-bond acceptors (Lipinski definition) is 6. The van der Waals surface area contributed by atoms with Gasteiger partial charge in [0.15, 0.2) is 0 Å². The number of carbonyl (C=O) groups is 6. The summed E-state index contributed by atoms with van der Waals surface area (Å²) in [5.41, 5.74) is -3.60. The first-order chi connectivity index (χ1) is 18.7. The van der Waals surface area contributed by atoms with Crippen LogP contribution in [0.2, 0.25) is 0 Å². The molecule has 0 saturated heterocycles. The van der Waals surface area contributed by atoms with Crippen molar-refractivity contribution >= 4 is 35.3 Å². The minimum absolute atomic E-state index is 0.108. The highest BCUT2D eigenvalue weighted by atomic mass is 16.4. The van der Waals surface area contributed by atoms with Crippen LogP contribution in [0.1, 0.15) is 122 Å². The Labute approximate surface area is 251 Å². The molecule has 3 aliphatic carbocycles. The quantitative estimate of drug-likeness (QED) is 0.320. The van der Waals surface area contributed by atoms with Crippen LogP contribution < -0.4 is 0 Å². The van der Waals surface area contributed by atoms with E-state index in [2.05, 4.69) is 0 Å². The fraction of sp³-hybridized carbons (Fsp3) is 0.818. The lowest BCUT2D eigenvalue weighted by Crippen LogP contribution is -2.42. The standard InChI is InChI=1S/3C11H18O3/c3*1-7(12)8-5-6-11(4,9(13)14)10(8,2)3/h3*8H,5-6H2,1-4H3,(H,13,14)/t2*8-,11+;/m10./s1. The first-order valence-electron chi connectivity index (χ1n) is 14.9. The van der Waals surface area contributed by atoms with Crippen LogP contribution in [0.15, 0.2) is 0 Å². The first-order valence-corrected chi connectivity index (χ1v) is 14.9. The van der Waals surface area contributed by atoms with Gasteiger partial charge in [-0.05, 0) is 96.3 Å². The van der Waals surface area contributed by atoms with E-state index in [1.807, 2.05) is 41.5 Å². The summed E-state index contributed by atoms with van der Waals surface area (Å²) in [5.74, 6) is -2.35. The molecular formula is C33H54O9. The molecule has 3 rings (SSSR count). The Balaban J connectivity index is 0.000000315. The molecule has 0 aromatic carbocycles. The number of hydrogen-bond donors (Lipinski definition) is 3. The number of carboxylic acids is 3. The second kappa shape index (κ2) is 12.2. The summed E-state index contributed by atoms with van der Waals surface area (Å²) in [6.07, 6.45) is 3.89. The first kappa shape index (κ1) is 37.4. The second-order valence-corrected chi connectivity index (χ2v) is 15.2. The van der Waals surface area contributed by atoms with E-state index in [0.717, 1.165) is 0 Å².